The van der Waals surface area contributed by atoms with Crippen LogP contribution in [0.15, 0.2) is 24.3 Å². The Bertz CT molecular complexity index is 490. The van der Waals surface area contributed by atoms with Crippen molar-refractivity contribution < 1.29 is 21.6 Å². The molecule has 0 heterocycles. The summed E-state index contributed by atoms with van der Waals surface area (Å²) in [6.07, 6.45) is 3.27. The summed E-state index contributed by atoms with van der Waals surface area (Å²) < 4.78 is 42.4. The van der Waals surface area contributed by atoms with Crippen LogP contribution in [0.2, 0.25) is 0 Å². The molecule has 84 valence electrons. The second-order valence-corrected chi connectivity index (χ2v) is 6.17. The highest BCUT2D eigenvalue weighted by molar-refractivity contribution is 8.02. The van der Waals surface area contributed by atoms with Crippen molar-refractivity contribution in [3.05, 3.63) is 24.3 Å². The van der Waals surface area contributed by atoms with Gasteiger partial charge in [-0.3, -0.25) is 10.6 Å². The van der Waals surface area contributed by atoms with Crippen LogP contribution in [0.1, 0.15) is 0 Å². The van der Waals surface area contributed by atoms with Gasteiger partial charge >= 0.3 is 0 Å². The normalized spacial score (nSPS) is 19.7. The summed E-state index contributed by atoms with van der Waals surface area (Å²) in [6.45, 7) is 0. The molecule has 15 heavy (non-hydrogen) atoms. The predicted octanol–water partition coefficient (Wildman–Crippen LogP) is -2.22. The third kappa shape index (κ3) is 1.86. The summed E-state index contributed by atoms with van der Waals surface area (Å²) >= 11 is 0. The summed E-state index contributed by atoms with van der Waals surface area (Å²) in [5.41, 5.74) is 0. The van der Waals surface area contributed by atoms with Gasteiger partial charge in [0.2, 0.25) is 4.08 Å². The number of allylic oxidation sites excluding steroid dienone is 2. The highest BCUT2D eigenvalue weighted by Crippen LogP contribution is 2.24. The van der Waals surface area contributed by atoms with Crippen LogP contribution in [0, 0.1) is 0 Å². The summed E-state index contributed by atoms with van der Waals surface area (Å²) in [7, 11) is -7.67. The molecule has 1 aliphatic carbocycles. The molecule has 9 heteroatoms. The molecule has 0 spiro atoms. The molecule has 0 unspecified atom stereocenters. The Balaban J connectivity index is 3.44. The number of hydrazine groups is 1. The zero-order valence-corrected chi connectivity index (χ0v) is 8.99. The Kier molecular flexibility index (Phi) is 3.09. The van der Waals surface area contributed by atoms with Crippen LogP contribution in [0.25, 0.3) is 0 Å². The van der Waals surface area contributed by atoms with Crippen molar-refractivity contribution in [2.45, 2.75) is 4.08 Å². The SMILES string of the molecule is NNS(=O)(=O)C1([SH](=O)=O)C=CC(=O)C=C1. The number of sulfonamides is 1. The molecule has 0 saturated carbocycles. The maximum Gasteiger partial charge on any atom is 0.251 e. The summed E-state index contributed by atoms with van der Waals surface area (Å²) in [5, 5.41) is 0. The van der Waals surface area contributed by atoms with Crippen LogP contribution < -0.4 is 10.7 Å². The van der Waals surface area contributed by atoms with Crippen LogP contribution >= 0.6 is 0 Å². The average molecular weight is 252 g/mol. The number of hydrogen-bond acceptors (Lipinski definition) is 6. The molecule has 0 radical (unpaired) electrons. The zero-order valence-electron chi connectivity index (χ0n) is 7.28. The van der Waals surface area contributed by atoms with Gasteiger partial charge in [-0.1, -0.05) is 0 Å². The van der Waals surface area contributed by atoms with Crippen LogP contribution in [0.4, 0.5) is 0 Å². The van der Waals surface area contributed by atoms with E-state index in [-0.39, 0.29) is 0 Å². The molecule has 7 nitrogen and oxygen atoms in total. The molecule has 0 aromatic heterocycles. The quantitative estimate of drug-likeness (QED) is 0.297. The van der Waals surface area contributed by atoms with E-state index in [9.17, 15) is 21.6 Å². The Morgan fingerprint density at radius 3 is 2.07 bits per heavy atom. The molecule has 1 aliphatic rings. The first-order valence-electron chi connectivity index (χ1n) is 3.64. The molecule has 0 fully saturated rings. The summed E-state index contributed by atoms with van der Waals surface area (Å²) in [4.78, 5) is 12.2. The first kappa shape index (κ1) is 12.0. The van der Waals surface area contributed by atoms with Crippen molar-refractivity contribution in [1.82, 2.24) is 4.83 Å². The van der Waals surface area contributed by atoms with Gasteiger partial charge in [0.15, 0.2) is 16.5 Å². The van der Waals surface area contributed by atoms with Crippen molar-refractivity contribution in [3.63, 3.8) is 0 Å². The largest absolute Gasteiger partial charge is 0.290 e. The van der Waals surface area contributed by atoms with Crippen LogP contribution in [0.5, 0.6) is 0 Å². The maximum atomic E-state index is 11.4. The predicted molar refractivity (Wildman–Crippen MR) is 52.6 cm³/mol. The van der Waals surface area contributed by atoms with Gasteiger partial charge in [-0.2, -0.15) is 4.83 Å². The maximum absolute atomic E-state index is 11.4. The van der Waals surface area contributed by atoms with Gasteiger partial charge < -0.3 is 0 Å². The van der Waals surface area contributed by atoms with E-state index < -0.39 is 30.6 Å². The molecule has 0 amide bonds. The van der Waals surface area contributed by atoms with Gasteiger partial charge in [-0.25, -0.2) is 16.8 Å². The second kappa shape index (κ2) is 3.85. The van der Waals surface area contributed by atoms with E-state index in [1.165, 1.54) is 4.83 Å². The van der Waals surface area contributed by atoms with Crippen molar-refractivity contribution in [2.24, 2.45) is 5.84 Å². The Morgan fingerprint density at radius 2 is 1.73 bits per heavy atom. The lowest BCUT2D eigenvalue weighted by Gasteiger charge is -2.21. The van der Waals surface area contributed by atoms with Crippen LogP contribution in [-0.4, -0.2) is 26.7 Å². The van der Waals surface area contributed by atoms with Gasteiger partial charge in [-0.05, 0) is 24.3 Å². The minimum Gasteiger partial charge on any atom is -0.290 e. The first-order valence-corrected chi connectivity index (χ1v) is 6.31. The Morgan fingerprint density at radius 1 is 1.27 bits per heavy atom. The van der Waals surface area contributed by atoms with E-state index in [0.717, 1.165) is 24.3 Å². The lowest BCUT2D eigenvalue weighted by Crippen LogP contribution is -2.48. The fourth-order valence-electron chi connectivity index (χ4n) is 1.01. The average Bonchev–Trinajstić information content (AvgIpc) is 2.18. The second-order valence-electron chi connectivity index (χ2n) is 2.70. The molecule has 0 aliphatic heterocycles. The Labute approximate surface area is 87.6 Å². The molecule has 0 bridgehead atoms. The van der Waals surface area contributed by atoms with Gasteiger partial charge in [-0.15, -0.1) is 0 Å². The van der Waals surface area contributed by atoms with Crippen molar-refractivity contribution in [1.29, 1.82) is 0 Å². The molecule has 0 atom stereocenters. The highest BCUT2D eigenvalue weighted by atomic mass is 32.3. The standard InChI is InChI=1S/C6H8N2O5S2/c7-8-15(12,13)6(14(10)11)3-1-5(9)2-4-6/h1-4,8,14H,7H2. The van der Waals surface area contributed by atoms with Gasteiger partial charge in [0.25, 0.3) is 10.0 Å². The van der Waals surface area contributed by atoms with Gasteiger partial charge in [0, 0.05) is 0 Å². The van der Waals surface area contributed by atoms with Crippen molar-refractivity contribution >= 4 is 26.5 Å². The van der Waals surface area contributed by atoms with E-state index in [1.54, 1.807) is 0 Å². The number of carbonyl (C=O) groups excluding carboxylic acids is 1. The summed E-state index contributed by atoms with van der Waals surface area (Å²) in [5.74, 6) is 4.25. The minimum absolute atomic E-state index is 0.491. The third-order valence-electron chi connectivity index (χ3n) is 1.84. The smallest absolute Gasteiger partial charge is 0.251 e. The lowest BCUT2D eigenvalue weighted by atomic mass is 10.2. The topological polar surface area (TPSA) is 123 Å². The molecule has 1 rings (SSSR count). The van der Waals surface area contributed by atoms with E-state index in [4.69, 9.17) is 5.84 Å². The minimum atomic E-state index is -4.30. The molecule has 0 saturated heterocycles. The van der Waals surface area contributed by atoms with Gasteiger partial charge in [0.05, 0.1) is 0 Å². The highest BCUT2D eigenvalue weighted by Gasteiger charge is 2.44. The molecule has 0 aromatic carbocycles. The fourth-order valence-corrected chi connectivity index (χ4v) is 3.03. The number of carbonyl (C=O) groups is 1. The molecule has 3 N–H and O–H groups in total. The van der Waals surface area contributed by atoms with E-state index in [0.29, 0.717) is 0 Å². The monoisotopic (exact) mass is 252 g/mol. The van der Waals surface area contributed by atoms with Crippen molar-refractivity contribution in [3.8, 4) is 0 Å². The number of hydrogen-bond donors (Lipinski definition) is 3. The first-order chi connectivity index (χ1) is 6.85. The lowest BCUT2D eigenvalue weighted by molar-refractivity contribution is -0.110. The van der Waals surface area contributed by atoms with E-state index >= 15 is 0 Å². The zero-order chi connectivity index (χ0) is 11.7. The van der Waals surface area contributed by atoms with Crippen LogP contribution in [0.3, 0.4) is 0 Å². The number of rotatable bonds is 3. The number of nitrogens with two attached hydrogens (primary N) is 1. The van der Waals surface area contributed by atoms with E-state index in [1.807, 2.05) is 0 Å². The fraction of sp³-hybridized carbons (Fsp3) is 0.167. The molecular formula is C6H8N2O5S2. The number of nitrogens with one attached hydrogen (secondary N) is 1. The van der Waals surface area contributed by atoms with Gasteiger partial charge in [0.1, 0.15) is 0 Å². The molecule has 0 aromatic rings. The molecular weight excluding hydrogens is 244 g/mol. The number of thiol groups is 1. The van der Waals surface area contributed by atoms with E-state index in [2.05, 4.69) is 0 Å². The van der Waals surface area contributed by atoms with Crippen LogP contribution in [-0.2, 0) is 25.5 Å². The summed E-state index contributed by atoms with van der Waals surface area (Å²) in [6, 6.07) is 0. The third-order valence-corrected chi connectivity index (χ3v) is 5.32. The van der Waals surface area contributed by atoms with Crippen molar-refractivity contribution in [2.75, 3.05) is 0 Å². The number of ketones is 1. The Hall–Kier alpha value is -1.03.